The molecule has 0 atom stereocenters. The Labute approximate surface area is 102 Å². The Morgan fingerprint density at radius 2 is 1.19 bits per heavy atom. The summed E-state index contributed by atoms with van der Waals surface area (Å²) in [5.41, 5.74) is 0. The minimum absolute atomic E-state index is 0.920. The van der Waals surface area contributed by atoms with Crippen LogP contribution in [0.5, 0.6) is 0 Å². The van der Waals surface area contributed by atoms with Crippen molar-refractivity contribution in [1.82, 2.24) is 5.23 Å². The van der Waals surface area contributed by atoms with Gasteiger partial charge in [0.1, 0.15) is 0 Å². The van der Waals surface area contributed by atoms with E-state index in [4.69, 9.17) is 9.68 Å². The third-order valence-electron chi connectivity index (χ3n) is 4.90. The Kier molecular flexibility index (Phi) is 7.42. The molecular formula is C12H30NO2Ta. The number of hydrogen-bond acceptors (Lipinski definition) is 3. The van der Waals surface area contributed by atoms with E-state index in [2.05, 4.69) is 27.7 Å². The number of rotatable bonds is 9. The quantitative estimate of drug-likeness (QED) is 0.539. The van der Waals surface area contributed by atoms with Crippen molar-refractivity contribution in [2.75, 3.05) is 20.8 Å². The molecule has 4 heteroatoms. The fourth-order valence-electron chi connectivity index (χ4n) is 2.60. The van der Waals surface area contributed by atoms with Crippen LogP contribution in [0.25, 0.3) is 0 Å². The number of hydroxylamine groups is 2. The van der Waals surface area contributed by atoms with Crippen molar-refractivity contribution >= 4 is 0 Å². The molecule has 0 heterocycles. The molecule has 0 saturated heterocycles. The Bertz CT molecular complexity index is 168. The minimum atomic E-state index is -2.51. The van der Waals surface area contributed by atoms with Gasteiger partial charge in [-0.1, -0.05) is 0 Å². The van der Waals surface area contributed by atoms with E-state index in [9.17, 15) is 0 Å². The van der Waals surface area contributed by atoms with Crippen LogP contribution >= 0.6 is 0 Å². The Morgan fingerprint density at radius 1 is 0.812 bits per heavy atom. The molecular weight excluding hydrogens is 371 g/mol. The summed E-state index contributed by atoms with van der Waals surface area (Å²) in [7, 11) is 3.34. The zero-order valence-electron chi connectivity index (χ0n) is 12.0. The van der Waals surface area contributed by atoms with E-state index in [1.807, 2.05) is 0 Å². The normalized spacial score (nSPS) is 15.1. The van der Waals surface area contributed by atoms with E-state index in [0.29, 0.717) is 0 Å². The van der Waals surface area contributed by atoms with Crippen molar-refractivity contribution in [1.29, 1.82) is 0 Å². The summed E-state index contributed by atoms with van der Waals surface area (Å²) < 4.78 is 7.03. The van der Waals surface area contributed by atoms with Gasteiger partial charge in [-0.05, 0) is 0 Å². The van der Waals surface area contributed by atoms with Gasteiger partial charge < -0.3 is 0 Å². The molecule has 16 heavy (non-hydrogen) atoms. The van der Waals surface area contributed by atoms with E-state index in [-0.39, 0.29) is 0 Å². The fourth-order valence-corrected chi connectivity index (χ4v) is 19.4. The van der Waals surface area contributed by atoms with Crippen LogP contribution in [0.4, 0.5) is 0 Å². The van der Waals surface area contributed by atoms with E-state index in [1.165, 1.54) is 23.2 Å². The van der Waals surface area contributed by atoms with E-state index >= 15 is 0 Å². The van der Waals surface area contributed by atoms with Gasteiger partial charge in [0.15, 0.2) is 0 Å². The van der Waals surface area contributed by atoms with Gasteiger partial charge in [0.05, 0.1) is 0 Å². The van der Waals surface area contributed by atoms with E-state index < -0.39 is 15.8 Å². The third kappa shape index (κ3) is 3.56. The molecule has 0 fully saturated rings. The van der Waals surface area contributed by atoms with Crippen LogP contribution in [0.2, 0.25) is 23.2 Å². The summed E-state index contributed by atoms with van der Waals surface area (Å²) in [6.07, 6.45) is 0. The first kappa shape index (κ1) is 16.6. The van der Waals surface area contributed by atoms with Gasteiger partial charge in [-0.3, -0.25) is 0 Å². The van der Waals surface area contributed by atoms with E-state index in [0.717, 1.165) is 6.54 Å². The summed E-state index contributed by atoms with van der Waals surface area (Å²) >= 11 is -2.51. The first-order valence-corrected chi connectivity index (χ1v) is 17.8. The zero-order valence-corrected chi connectivity index (χ0v) is 15.2. The molecule has 3 nitrogen and oxygen atoms in total. The van der Waals surface area contributed by atoms with Crippen LogP contribution in [0.3, 0.4) is 0 Å². The predicted octanol–water partition coefficient (Wildman–Crippen LogP) is 4.27. The van der Waals surface area contributed by atoms with Crippen molar-refractivity contribution in [3.05, 3.63) is 0 Å². The van der Waals surface area contributed by atoms with Crippen molar-refractivity contribution in [2.24, 2.45) is 0 Å². The average molecular weight is 401 g/mol. The third-order valence-corrected chi connectivity index (χ3v) is 35.9. The summed E-state index contributed by atoms with van der Waals surface area (Å²) in [5, 5.41) is 1.62. The van der Waals surface area contributed by atoms with Crippen LogP contribution in [-0.4, -0.2) is 26.0 Å². The zero-order chi connectivity index (χ0) is 12.7. The maximum absolute atomic E-state index is 5.16. The van der Waals surface area contributed by atoms with Crippen LogP contribution < -0.4 is 0 Å². The van der Waals surface area contributed by atoms with Crippen molar-refractivity contribution in [2.45, 2.75) is 50.9 Å². The molecule has 0 aromatic heterocycles. The van der Waals surface area contributed by atoms with Crippen LogP contribution in [-0.2, 0) is 25.5 Å². The molecule has 100 valence electrons. The van der Waals surface area contributed by atoms with Gasteiger partial charge >= 0.3 is 102 Å². The van der Waals surface area contributed by atoms with Gasteiger partial charge in [0.2, 0.25) is 0 Å². The SMILES string of the molecule is C[CH2][Ta]([CH2]C)([CH2]C)([CH2]C)[CH2]CN(OC)OC. The summed E-state index contributed by atoms with van der Waals surface area (Å²) in [6.45, 7) is 10.5. The Balaban J connectivity index is 4.67. The molecule has 0 amide bonds. The first-order valence-electron chi connectivity index (χ1n) is 6.41. The first-order chi connectivity index (χ1) is 7.55. The van der Waals surface area contributed by atoms with Gasteiger partial charge in [-0.15, -0.1) is 0 Å². The van der Waals surface area contributed by atoms with Crippen molar-refractivity contribution in [3.63, 3.8) is 0 Å². The fraction of sp³-hybridized carbons (Fsp3) is 1.00. The monoisotopic (exact) mass is 401 g/mol. The topological polar surface area (TPSA) is 21.7 Å². The standard InChI is InChI=1S/C4H10NO2.4C2H5.Ta/c1-4-5(6-2)7-3;4*1-2;/h1,4H2,2-3H3;4*1H2,2H3;. The van der Waals surface area contributed by atoms with Crippen molar-refractivity contribution < 1.29 is 25.5 Å². The molecule has 0 radical (unpaired) electrons. The van der Waals surface area contributed by atoms with Gasteiger partial charge in [-0.25, -0.2) is 0 Å². The summed E-state index contributed by atoms with van der Waals surface area (Å²) in [5.74, 6) is 0. The molecule has 0 aromatic rings. The molecule has 0 aliphatic heterocycles. The van der Waals surface area contributed by atoms with Crippen LogP contribution in [0, 0.1) is 0 Å². The maximum atomic E-state index is 5.16. The van der Waals surface area contributed by atoms with Gasteiger partial charge in [0.25, 0.3) is 0 Å². The predicted molar refractivity (Wildman–Crippen MR) is 67.5 cm³/mol. The number of nitrogens with zero attached hydrogens (tertiary/aromatic N) is 1. The van der Waals surface area contributed by atoms with E-state index in [1.54, 1.807) is 19.4 Å². The van der Waals surface area contributed by atoms with Gasteiger partial charge in [-0.2, -0.15) is 0 Å². The Morgan fingerprint density at radius 3 is 1.44 bits per heavy atom. The molecule has 0 aromatic carbocycles. The molecule has 0 rings (SSSR count). The van der Waals surface area contributed by atoms with Gasteiger partial charge in [0, 0.05) is 0 Å². The van der Waals surface area contributed by atoms with Crippen LogP contribution in [0.1, 0.15) is 27.7 Å². The second kappa shape index (κ2) is 7.14. The summed E-state index contributed by atoms with van der Waals surface area (Å²) in [4.78, 5) is 10.3. The second-order valence-corrected chi connectivity index (χ2v) is 31.4. The molecule has 0 N–H and O–H groups in total. The Hall–Kier alpha value is 0.620. The molecule has 0 spiro atoms. The van der Waals surface area contributed by atoms with Crippen LogP contribution in [0.15, 0.2) is 0 Å². The molecule has 0 bridgehead atoms. The molecule has 0 aliphatic rings. The molecule has 0 unspecified atom stereocenters. The van der Waals surface area contributed by atoms with Crippen molar-refractivity contribution in [3.8, 4) is 0 Å². The number of hydrogen-bond donors (Lipinski definition) is 0. The summed E-state index contributed by atoms with van der Waals surface area (Å²) in [6, 6.07) is 0. The molecule has 0 saturated carbocycles. The molecule has 0 aliphatic carbocycles. The second-order valence-electron chi connectivity index (χ2n) is 4.65. The average Bonchev–Trinajstić information content (AvgIpc) is 2.37.